The van der Waals surface area contributed by atoms with E-state index in [1.807, 2.05) is 31.2 Å². The molecule has 0 saturated carbocycles. The quantitative estimate of drug-likeness (QED) is 0.339. The van der Waals surface area contributed by atoms with Crippen molar-refractivity contribution in [1.82, 2.24) is 4.90 Å². The highest BCUT2D eigenvalue weighted by molar-refractivity contribution is 9.10. The fourth-order valence-electron chi connectivity index (χ4n) is 2.99. The first kappa shape index (κ1) is 22.5. The maximum atomic E-state index is 12.7. The van der Waals surface area contributed by atoms with Crippen molar-refractivity contribution in [2.75, 3.05) is 27.4 Å². The number of unbranched alkanes of at least 4 members (excludes halogenated alkanes) is 1. The summed E-state index contributed by atoms with van der Waals surface area (Å²) in [4.78, 5) is 39.7. The first-order chi connectivity index (χ1) is 13.4. The topological polar surface area (TPSA) is 82.1 Å². The first-order valence-electron chi connectivity index (χ1n) is 8.91. The number of ether oxygens (including phenoxy) is 3. The van der Waals surface area contributed by atoms with Crippen LogP contribution in [0.3, 0.4) is 0 Å². The summed E-state index contributed by atoms with van der Waals surface area (Å²) in [6.07, 6.45) is 1.03. The Balaban J connectivity index is 2.35. The monoisotopic (exact) mass is 473 g/mol. The van der Waals surface area contributed by atoms with Crippen LogP contribution in [0.25, 0.3) is 0 Å². The number of hydrogen-bond donors (Lipinski definition) is 0. The molecule has 1 saturated heterocycles. The number of esters is 2. The molecule has 1 aromatic carbocycles. The van der Waals surface area contributed by atoms with Gasteiger partial charge in [0.2, 0.25) is 0 Å². The molecule has 9 heteroatoms. The van der Waals surface area contributed by atoms with Gasteiger partial charge in [-0.1, -0.05) is 25.5 Å². The van der Waals surface area contributed by atoms with Crippen LogP contribution in [0.1, 0.15) is 26.2 Å². The van der Waals surface area contributed by atoms with Gasteiger partial charge in [0.05, 0.1) is 27.4 Å². The van der Waals surface area contributed by atoms with E-state index in [1.165, 1.54) is 30.9 Å². The zero-order valence-electron chi connectivity index (χ0n) is 16.1. The Morgan fingerprint density at radius 2 is 1.96 bits per heavy atom. The second-order valence-corrected chi connectivity index (χ2v) is 8.64. The van der Waals surface area contributed by atoms with Crippen LogP contribution in [0.5, 0.6) is 0 Å². The fraction of sp³-hybridized carbons (Fsp3) is 0.526. The van der Waals surface area contributed by atoms with Gasteiger partial charge in [0.25, 0.3) is 0 Å². The zero-order valence-corrected chi connectivity index (χ0v) is 18.5. The lowest BCUT2D eigenvalue weighted by molar-refractivity contribution is -0.145. The molecule has 0 spiro atoms. The predicted molar refractivity (Wildman–Crippen MR) is 108 cm³/mol. The molecule has 1 aliphatic heterocycles. The standard InChI is InChI=1S/C19H24BrNO6S/c1-4-5-10-27-18(24)21-12-19(17(23)26-3,11-14(21)16(22)25-2)28-15-9-7-6-8-13(15)20/h6-9,14H,4-5,10-12H2,1-3H3/t14-,19+/m0/s1. The molecule has 1 aromatic rings. The maximum Gasteiger partial charge on any atom is 0.410 e. The smallest absolute Gasteiger partial charge is 0.410 e. The van der Waals surface area contributed by atoms with Crippen molar-refractivity contribution in [3.05, 3.63) is 28.7 Å². The number of hydrogen-bond acceptors (Lipinski definition) is 7. The van der Waals surface area contributed by atoms with Crippen LogP contribution in [0.2, 0.25) is 0 Å². The van der Waals surface area contributed by atoms with Crippen LogP contribution in [-0.4, -0.2) is 61.1 Å². The van der Waals surface area contributed by atoms with E-state index in [1.54, 1.807) is 0 Å². The Labute approximate surface area is 177 Å². The Morgan fingerprint density at radius 1 is 1.25 bits per heavy atom. The number of halogens is 1. The molecular weight excluding hydrogens is 450 g/mol. The molecule has 2 atom stereocenters. The third-order valence-electron chi connectivity index (χ3n) is 4.46. The molecule has 0 aliphatic carbocycles. The third-order valence-corrected chi connectivity index (χ3v) is 6.84. The Kier molecular flexibility index (Phi) is 8.18. The van der Waals surface area contributed by atoms with Gasteiger partial charge in [0.1, 0.15) is 10.8 Å². The van der Waals surface area contributed by atoms with Gasteiger partial charge in [0, 0.05) is 15.8 Å². The molecule has 0 aromatic heterocycles. The van der Waals surface area contributed by atoms with E-state index in [2.05, 4.69) is 15.9 Å². The number of nitrogens with zero attached hydrogens (tertiary/aromatic N) is 1. The van der Waals surface area contributed by atoms with Gasteiger partial charge in [-0.05, 0) is 34.5 Å². The van der Waals surface area contributed by atoms with Crippen molar-refractivity contribution in [3.8, 4) is 0 Å². The molecule has 0 radical (unpaired) electrons. The van der Waals surface area contributed by atoms with E-state index in [-0.39, 0.29) is 19.6 Å². The number of carbonyl (C=O) groups is 3. The zero-order chi connectivity index (χ0) is 20.7. The second-order valence-electron chi connectivity index (χ2n) is 6.36. The van der Waals surface area contributed by atoms with E-state index in [0.717, 1.165) is 22.2 Å². The normalized spacial score (nSPS) is 21.3. The molecule has 1 amide bonds. The minimum atomic E-state index is -1.15. The SMILES string of the molecule is CCCCOC(=O)N1C[C@@](Sc2ccccc2Br)(C(=O)OC)C[C@H]1C(=O)OC. The molecule has 2 rings (SSSR count). The summed E-state index contributed by atoms with van der Waals surface area (Å²) >= 11 is 4.73. The van der Waals surface area contributed by atoms with E-state index in [4.69, 9.17) is 14.2 Å². The van der Waals surface area contributed by atoms with Crippen LogP contribution in [-0.2, 0) is 23.8 Å². The number of benzene rings is 1. The maximum absolute atomic E-state index is 12.7. The van der Waals surface area contributed by atoms with Crippen molar-refractivity contribution in [1.29, 1.82) is 0 Å². The summed E-state index contributed by atoms with van der Waals surface area (Å²) in [6, 6.07) is 6.50. The van der Waals surface area contributed by atoms with Crippen LogP contribution >= 0.6 is 27.7 Å². The van der Waals surface area contributed by atoms with Gasteiger partial charge in [-0.25, -0.2) is 9.59 Å². The summed E-state index contributed by atoms with van der Waals surface area (Å²) in [7, 11) is 2.54. The van der Waals surface area contributed by atoms with Crippen molar-refractivity contribution in [3.63, 3.8) is 0 Å². The summed E-state index contributed by atoms with van der Waals surface area (Å²) in [5, 5.41) is 0. The number of amides is 1. The average molecular weight is 474 g/mol. The van der Waals surface area contributed by atoms with Gasteiger partial charge >= 0.3 is 18.0 Å². The van der Waals surface area contributed by atoms with Crippen molar-refractivity contribution >= 4 is 45.7 Å². The highest BCUT2D eigenvalue weighted by Crippen LogP contribution is 2.46. The molecule has 154 valence electrons. The number of thioether (sulfide) groups is 1. The highest BCUT2D eigenvalue weighted by atomic mass is 79.9. The molecule has 28 heavy (non-hydrogen) atoms. The fourth-order valence-corrected chi connectivity index (χ4v) is 4.86. The third kappa shape index (κ3) is 5.00. The van der Waals surface area contributed by atoms with Crippen molar-refractivity contribution in [2.24, 2.45) is 0 Å². The van der Waals surface area contributed by atoms with Crippen LogP contribution in [0, 0.1) is 0 Å². The lowest BCUT2D eigenvalue weighted by Crippen LogP contribution is -2.43. The highest BCUT2D eigenvalue weighted by Gasteiger charge is 2.56. The molecule has 0 N–H and O–H groups in total. The molecule has 7 nitrogen and oxygen atoms in total. The molecular formula is C19H24BrNO6S. The number of likely N-dealkylation sites (tertiary alicyclic amines) is 1. The summed E-state index contributed by atoms with van der Waals surface area (Å²) in [5.74, 6) is -1.10. The minimum Gasteiger partial charge on any atom is -0.468 e. The second kappa shape index (κ2) is 10.2. The van der Waals surface area contributed by atoms with Gasteiger partial charge in [0.15, 0.2) is 0 Å². The minimum absolute atomic E-state index is 0.0175. The molecule has 0 bridgehead atoms. The van der Waals surface area contributed by atoms with Crippen LogP contribution < -0.4 is 0 Å². The largest absolute Gasteiger partial charge is 0.468 e. The number of rotatable bonds is 7. The van der Waals surface area contributed by atoms with E-state index in [0.29, 0.717) is 0 Å². The Bertz CT molecular complexity index is 730. The molecule has 0 unspecified atom stereocenters. The van der Waals surface area contributed by atoms with E-state index >= 15 is 0 Å². The predicted octanol–water partition coefficient (Wildman–Crippen LogP) is 3.64. The van der Waals surface area contributed by atoms with Crippen LogP contribution in [0.4, 0.5) is 4.79 Å². The lowest BCUT2D eigenvalue weighted by Gasteiger charge is -2.26. The van der Waals surface area contributed by atoms with Crippen molar-refractivity contribution < 1.29 is 28.6 Å². The average Bonchev–Trinajstić information content (AvgIpc) is 3.09. The number of methoxy groups -OCH3 is 2. The summed E-state index contributed by atoms with van der Waals surface area (Å²) in [6.45, 7) is 2.22. The Hall–Kier alpha value is -1.74. The number of carbonyl (C=O) groups excluding carboxylic acids is 3. The first-order valence-corrected chi connectivity index (χ1v) is 10.5. The van der Waals surface area contributed by atoms with E-state index in [9.17, 15) is 14.4 Å². The van der Waals surface area contributed by atoms with Crippen LogP contribution in [0.15, 0.2) is 33.6 Å². The molecule has 1 fully saturated rings. The van der Waals surface area contributed by atoms with Crippen molar-refractivity contribution in [2.45, 2.75) is 41.9 Å². The van der Waals surface area contributed by atoms with Gasteiger partial charge < -0.3 is 14.2 Å². The summed E-state index contributed by atoms with van der Waals surface area (Å²) < 4.78 is 14.8. The lowest BCUT2D eigenvalue weighted by atomic mass is 10.0. The molecule has 1 aliphatic rings. The molecule has 1 heterocycles. The van der Waals surface area contributed by atoms with Gasteiger partial charge in [-0.2, -0.15) is 0 Å². The van der Waals surface area contributed by atoms with Gasteiger partial charge in [-0.3, -0.25) is 9.69 Å². The van der Waals surface area contributed by atoms with Gasteiger partial charge in [-0.15, -0.1) is 11.8 Å². The Morgan fingerprint density at radius 3 is 2.57 bits per heavy atom. The van der Waals surface area contributed by atoms with E-state index < -0.39 is 28.8 Å². The summed E-state index contributed by atoms with van der Waals surface area (Å²) in [5.41, 5.74) is 0.